The van der Waals surface area contributed by atoms with Crippen LogP contribution in [-0.2, 0) is 14.8 Å². The third-order valence-corrected chi connectivity index (χ3v) is 5.28. The van der Waals surface area contributed by atoms with Gasteiger partial charge in [0, 0.05) is 14.2 Å². The summed E-state index contributed by atoms with van der Waals surface area (Å²) in [7, 11) is -0.470. The fourth-order valence-electron chi connectivity index (χ4n) is 2.26. The highest BCUT2D eigenvalue weighted by Crippen LogP contribution is 2.23. The smallest absolute Gasteiger partial charge is 0.243 e. The minimum atomic E-state index is -3.58. The summed E-state index contributed by atoms with van der Waals surface area (Å²) in [6.07, 6.45) is 1.79. The molecule has 0 aliphatic rings. The molecule has 0 radical (unpaired) electrons. The predicted octanol–water partition coefficient (Wildman–Crippen LogP) is 2.84. The number of benzene rings is 1. The van der Waals surface area contributed by atoms with Gasteiger partial charge in [-0.3, -0.25) is 0 Å². The van der Waals surface area contributed by atoms with Gasteiger partial charge in [0.25, 0.3) is 0 Å². The van der Waals surface area contributed by atoms with Gasteiger partial charge in [0.05, 0.1) is 17.0 Å². The zero-order valence-corrected chi connectivity index (χ0v) is 13.6. The molecule has 0 fully saturated rings. The molecule has 1 rings (SSSR count). The van der Waals surface area contributed by atoms with Crippen LogP contribution in [-0.4, -0.2) is 39.0 Å². The van der Waals surface area contributed by atoms with Gasteiger partial charge < -0.3 is 4.74 Å². The maximum Gasteiger partial charge on any atom is 0.243 e. The second-order valence-corrected chi connectivity index (χ2v) is 6.93. The van der Waals surface area contributed by atoms with Crippen molar-refractivity contribution in [2.24, 2.45) is 0 Å². The monoisotopic (exact) mass is 309 g/mol. The Morgan fingerprint density at radius 3 is 2.38 bits per heavy atom. The quantitative estimate of drug-likeness (QED) is 0.694. The van der Waals surface area contributed by atoms with E-state index in [0.717, 1.165) is 5.57 Å². The van der Waals surface area contributed by atoms with Crippen LogP contribution < -0.4 is 0 Å². The van der Waals surface area contributed by atoms with Crippen LogP contribution in [0.1, 0.15) is 13.3 Å². The molecule has 0 heterocycles. The number of rotatable bonds is 8. The van der Waals surface area contributed by atoms with Crippen LogP contribution in [0, 0.1) is 0 Å². The molecule has 0 bridgehead atoms. The number of sulfonamides is 1. The first-order valence-electron chi connectivity index (χ1n) is 6.68. The highest BCUT2D eigenvalue weighted by Gasteiger charge is 2.33. The number of methoxy groups -OCH3 is 1. The number of hydrogen-bond donors (Lipinski definition) is 0. The van der Waals surface area contributed by atoms with Gasteiger partial charge in [-0.2, -0.15) is 4.31 Å². The Hall–Kier alpha value is -1.43. The van der Waals surface area contributed by atoms with Crippen LogP contribution in [0.15, 0.2) is 60.0 Å². The van der Waals surface area contributed by atoms with Crippen molar-refractivity contribution in [3.63, 3.8) is 0 Å². The van der Waals surface area contributed by atoms with Gasteiger partial charge in [0.15, 0.2) is 0 Å². The lowest BCUT2D eigenvalue weighted by Gasteiger charge is -2.33. The predicted molar refractivity (Wildman–Crippen MR) is 85.6 cm³/mol. The lowest BCUT2D eigenvalue weighted by molar-refractivity contribution is 0.0759. The largest absolute Gasteiger partial charge is 0.375 e. The topological polar surface area (TPSA) is 46.6 Å². The van der Waals surface area contributed by atoms with E-state index in [0.29, 0.717) is 6.42 Å². The summed E-state index contributed by atoms with van der Waals surface area (Å²) in [6.45, 7) is 9.42. The van der Waals surface area contributed by atoms with Gasteiger partial charge in [-0.25, -0.2) is 8.42 Å². The van der Waals surface area contributed by atoms with Crippen molar-refractivity contribution < 1.29 is 13.2 Å². The Morgan fingerprint density at radius 1 is 1.38 bits per heavy atom. The van der Waals surface area contributed by atoms with Gasteiger partial charge in [0.1, 0.15) is 0 Å². The lowest BCUT2D eigenvalue weighted by atomic mass is 10.0. The number of ether oxygens (including phenoxy) is 1. The summed E-state index contributed by atoms with van der Waals surface area (Å²) in [5.74, 6) is 0. The minimum Gasteiger partial charge on any atom is -0.375 e. The lowest BCUT2D eigenvalue weighted by Crippen LogP contribution is -2.45. The van der Waals surface area contributed by atoms with Crippen LogP contribution in [0.4, 0.5) is 0 Å². The van der Waals surface area contributed by atoms with Crippen LogP contribution in [0.5, 0.6) is 0 Å². The molecule has 21 heavy (non-hydrogen) atoms. The molecule has 1 aromatic rings. The van der Waals surface area contributed by atoms with E-state index in [1.54, 1.807) is 50.6 Å². The van der Waals surface area contributed by atoms with Crippen molar-refractivity contribution in [1.29, 1.82) is 0 Å². The Bertz CT molecular complexity index is 581. The van der Waals surface area contributed by atoms with Crippen molar-refractivity contribution in [3.05, 3.63) is 55.1 Å². The third-order valence-electron chi connectivity index (χ3n) is 3.38. The Labute approximate surface area is 127 Å². The molecule has 0 aliphatic carbocycles. The molecule has 0 saturated heterocycles. The molecule has 0 N–H and O–H groups in total. The average Bonchev–Trinajstić information content (AvgIpc) is 2.47. The number of likely N-dealkylation sites (N-methyl/N-ethyl adjacent to an activating group) is 1. The highest BCUT2D eigenvalue weighted by molar-refractivity contribution is 7.89. The summed E-state index contributed by atoms with van der Waals surface area (Å²) in [5, 5.41) is 0. The van der Waals surface area contributed by atoms with E-state index in [-0.39, 0.29) is 17.0 Å². The second-order valence-electron chi connectivity index (χ2n) is 4.93. The van der Waals surface area contributed by atoms with Gasteiger partial charge in [-0.05, 0) is 25.5 Å². The first kappa shape index (κ1) is 17.6. The maximum atomic E-state index is 12.7. The van der Waals surface area contributed by atoms with Crippen molar-refractivity contribution >= 4 is 10.0 Å². The van der Waals surface area contributed by atoms with E-state index in [2.05, 4.69) is 13.2 Å². The first-order valence-corrected chi connectivity index (χ1v) is 8.12. The zero-order chi connectivity index (χ0) is 16.0. The highest BCUT2D eigenvalue weighted by atomic mass is 32.2. The Morgan fingerprint density at radius 2 is 1.95 bits per heavy atom. The van der Waals surface area contributed by atoms with E-state index in [9.17, 15) is 8.42 Å². The minimum absolute atomic E-state index is 0.262. The molecule has 0 amide bonds. The summed E-state index contributed by atoms with van der Waals surface area (Å²) >= 11 is 0. The molecule has 4 nitrogen and oxygen atoms in total. The molecule has 0 saturated carbocycles. The van der Waals surface area contributed by atoms with Gasteiger partial charge in [-0.1, -0.05) is 36.4 Å². The zero-order valence-electron chi connectivity index (χ0n) is 12.8. The normalized spacial score (nSPS) is 14.7. The first-order chi connectivity index (χ1) is 9.86. The van der Waals surface area contributed by atoms with Crippen molar-refractivity contribution in [2.75, 3.05) is 14.2 Å². The van der Waals surface area contributed by atoms with Crippen LogP contribution in [0.3, 0.4) is 0 Å². The third kappa shape index (κ3) is 4.03. The van der Waals surface area contributed by atoms with Crippen LogP contribution >= 0.6 is 0 Å². The Kier molecular flexibility index (Phi) is 6.33. The Balaban J connectivity index is 3.19. The standard InChI is InChI=1S/C16H23NO3S/c1-6-10-15(16(20-5)13(2)3)17(4)21(18,19)14-11-8-7-9-12-14/h6-9,11-12,15-16H,1-2,10H2,3-5H3/t15-,16-/m0/s1. The average molecular weight is 309 g/mol. The molecule has 5 heteroatoms. The summed E-state index contributed by atoms with van der Waals surface area (Å²) in [4.78, 5) is 0.262. The maximum absolute atomic E-state index is 12.7. The fraction of sp³-hybridized carbons (Fsp3) is 0.375. The summed E-state index contributed by atoms with van der Waals surface area (Å²) in [5.41, 5.74) is 0.777. The van der Waals surface area contributed by atoms with E-state index in [1.165, 1.54) is 4.31 Å². The molecule has 0 spiro atoms. The SMILES string of the molecule is C=CC[C@@H]([C@@H](OC)C(=C)C)N(C)S(=O)(=O)c1ccccc1. The van der Waals surface area contributed by atoms with Crippen molar-refractivity contribution in [1.82, 2.24) is 4.31 Å². The van der Waals surface area contributed by atoms with Crippen molar-refractivity contribution in [3.8, 4) is 0 Å². The molecule has 2 atom stereocenters. The molecular weight excluding hydrogens is 286 g/mol. The van der Waals surface area contributed by atoms with E-state index in [4.69, 9.17) is 4.74 Å². The number of nitrogens with zero attached hydrogens (tertiary/aromatic N) is 1. The van der Waals surface area contributed by atoms with Crippen LogP contribution in [0.2, 0.25) is 0 Å². The van der Waals surface area contributed by atoms with Gasteiger partial charge >= 0.3 is 0 Å². The molecule has 1 aromatic carbocycles. The van der Waals surface area contributed by atoms with Crippen molar-refractivity contribution in [2.45, 2.75) is 30.4 Å². The summed E-state index contributed by atoms with van der Waals surface area (Å²) < 4.78 is 32.2. The van der Waals surface area contributed by atoms with E-state index in [1.807, 2.05) is 6.92 Å². The van der Waals surface area contributed by atoms with Gasteiger partial charge in [0.2, 0.25) is 10.0 Å². The molecular formula is C16H23NO3S. The second kappa shape index (κ2) is 7.54. The fourth-order valence-corrected chi connectivity index (χ4v) is 3.64. The van der Waals surface area contributed by atoms with Crippen LogP contribution in [0.25, 0.3) is 0 Å². The van der Waals surface area contributed by atoms with E-state index >= 15 is 0 Å². The summed E-state index contributed by atoms with van der Waals surface area (Å²) in [6, 6.07) is 7.98. The molecule has 116 valence electrons. The number of hydrogen-bond acceptors (Lipinski definition) is 3. The molecule has 0 aromatic heterocycles. The van der Waals surface area contributed by atoms with Gasteiger partial charge in [-0.15, -0.1) is 6.58 Å². The molecule has 0 unspecified atom stereocenters. The molecule has 0 aliphatic heterocycles. The van der Waals surface area contributed by atoms with E-state index < -0.39 is 10.0 Å².